The maximum atomic E-state index is 5.64. The van der Waals surface area contributed by atoms with Gasteiger partial charge in [0, 0.05) is 5.69 Å². The van der Waals surface area contributed by atoms with Crippen molar-refractivity contribution in [1.29, 1.82) is 0 Å². The van der Waals surface area contributed by atoms with Crippen LogP contribution in [-0.4, -0.2) is 5.11 Å². The number of rotatable bonds is 3. The fourth-order valence-corrected chi connectivity index (χ4v) is 3.97. The molecule has 0 saturated heterocycles. The summed E-state index contributed by atoms with van der Waals surface area (Å²) in [5.41, 5.74) is 6.17. The van der Waals surface area contributed by atoms with Crippen molar-refractivity contribution < 1.29 is 0 Å². The number of thiocarbonyl (C=S) groups is 1. The molecule has 3 rings (SSSR count). The molecule has 1 aliphatic carbocycles. The Bertz CT molecular complexity index is 728. The lowest BCUT2D eigenvalue weighted by Crippen LogP contribution is -2.45. The van der Waals surface area contributed by atoms with Gasteiger partial charge in [-0.3, -0.25) is 0 Å². The predicted octanol–water partition coefficient (Wildman–Crippen LogP) is 5.37. The van der Waals surface area contributed by atoms with Crippen molar-refractivity contribution in [1.82, 2.24) is 5.32 Å². The van der Waals surface area contributed by atoms with E-state index in [1.807, 2.05) is 0 Å². The maximum absolute atomic E-state index is 5.64. The van der Waals surface area contributed by atoms with Gasteiger partial charge in [-0.05, 0) is 63.0 Å². The number of hydrogen-bond donors (Lipinski definition) is 2. The summed E-state index contributed by atoms with van der Waals surface area (Å²) in [7, 11) is 0. The molecule has 2 N–H and O–H groups in total. The van der Waals surface area contributed by atoms with Crippen LogP contribution < -0.4 is 10.6 Å². The van der Waals surface area contributed by atoms with Gasteiger partial charge in [-0.1, -0.05) is 60.4 Å². The van der Waals surface area contributed by atoms with Crippen molar-refractivity contribution >= 4 is 23.0 Å². The first-order valence-electron chi connectivity index (χ1n) is 8.72. The first-order valence-corrected chi connectivity index (χ1v) is 9.13. The summed E-state index contributed by atoms with van der Waals surface area (Å²) in [6.45, 7) is 6.35. The fourth-order valence-electron chi connectivity index (χ4n) is 3.66. The Balaban J connectivity index is 1.78. The lowest BCUT2D eigenvalue weighted by atomic mass is 9.88. The largest absolute Gasteiger partial charge is 0.353 e. The van der Waals surface area contributed by atoms with Crippen LogP contribution in [0.15, 0.2) is 42.5 Å². The topological polar surface area (TPSA) is 24.1 Å². The van der Waals surface area contributed by atoms with E-state index < -0.39 is 0 Å². The molecular weight excluding hydrogens is 312 g/mol. The van der Waals surface area contributed by atoms with E-state index in [1.165, 1.54) is 35.1 Å². The first kappa shape index (κ1) is 17.0. The molecule has 0 aromatic heterocycles. The van der Waals surface area contributed by atoms with Gasteiger partial charge in [0.25, 0.3) is 0 Å². The van der Waals surface area contributed by atoms with Crippen LogP contribution in [0.25, 0.3) is 0 Å². The maximum Gasteiger partial charge on any atom is 0.171 e. The van der Waals surface area contributed by atoms with Crippen LogP contribution in [0.1, 0.15) is 47.9 Å². The molecule has 2 nitrogen and oxygen atoms in total. The quantitative estimate of drug-likeness (QED) is 0.736. The molecule has 1 saturated carbocycles. The van der Waals surface area contributed by atoms with E-state index >= 15 is 0 Å². The highest BCUT2D eigenvalue weighted by atomic mass is 32.1. The Morgan fingerprint density at radius 1 is 0.917 bits per heavy atom. The number of benzene rings is 2. The van der Waals surface area contributed by atoms with Gasteiger partial charge in [0.15, 0.2) is 5.11 Å². The second-order valence-electron chi connectivity index (χ2n) is 7.05. The minimum atomic E-state index is -0.0314. The van der Waals surface area contributed by atoms with Crippen LogP contribution >= 0.6 is 12.2 Å². The molecule has 0 amide bonds. The summed E-state index contributed by atoms with van der Waals surface area (Å²) in [5.74, 6) is 0. The molecule has 3 heteroatoms. The Morgan fingerprint density at radius 2 is 1.54 bits per heavy atom. The van der Waals surface area contributed by atoms with E-state index in [1.54, 1.807) is 0 Å². The Kier molecular flexibility index (Phi) is 4.91. The average Bonchev–Trinajstić information content (AvgIpc) is 3.00. The molecule has 2 aromatic rings. The zero-order valence-corrected chi connectivity index (χ0v) is 15.6. The molecule has 1 aliphatic rings. The minimum Gasteiger partial charge on any atom is -0.353 e. The van der Waals surface area contributed by atoms with Crippen molar-refractivity contribution in [3.05, 3.63) is 64.7 Å². The Morgan fingerprint density at radius 3 is 2.17 bits per heavy atom. The second kappa shape index (κ2) is 6.94. The van der Waals surface area contributed by atoms with E-state index in [4.69, 9.17) is 12.2 Å². The number of hydrogen-bond acceptors (Lipinski definition) is 1. The van der Waals surface area contributed by atoms with Gasteiger partial charge in [-0.15, -0.1) is 0 Å². The first-order chi connectivity index (χ1) is 11.5. The monoisotopic (exact) mass is 338 g/mol. The lowest BCUT2D eigenvalue weighted by Gasteiger charge is -2.33. The zero-order chi connectivity index (χ0) is 17.2. The van der Waals surface area contributed by atoms with Crippen molar-refractivity contribution in [2.45, 2.75) is 52.0 Å². The predicted molar refractivity (Wildman–Crippen MR) is 107 cm³/mol. The van der Waals surface area contributed by atoms with Gasteiger partial charge < -0.3 is 10.6 Å². The third-order valence-corrected chi connectivity index (χ3v) is 5.25. The van der Waals surface area contributed by atoms with Crippen molar-refractivity contribution in [2.75, 3.05) is 5.32 Å². The SMILES string of the molecule is Cc1ccc(C2(NC(=S)Nc3ccc(C)cc3C)CCCC2)cc1. The van der Waals surface area contributed by atoms with E-state index in [2.05, 4.69) is 73.9 Å². The average molecular weight is 339 g/mol. The molecule has 0 heterocycles. The molecule has 0 atom stereocenters. The van der Waals surface area contributed by atoms with Crippen LogP contribution in [-0.2, 0) is 5.54 Å². The van der Waals surface area contributed by atoms with Gasteiger partial charge >= 0.3 is 0 Å². The van der Waals surface area contributed by atoms with Crippen LogP contribution in [0.4, 0.5) is 5.69 Å². The molecule has 24 heavy (non-hydrogen) atoms. The summed E-state index contributed by atoms with van der Waals surface area (Å²) >= 11 is 5.64. The second-order valence-corrected chi connectivity index (χ2v) is 7.46. The van der Waals surface area contributed by atoms with Crippen LogP contribution in [0.2, 0.25) is 0 Å². The highest BCUT2D eigenvalue weighted by molar-refractivity contribution is 7.80. The number of aryl methyl sites for hydroxylation is 3. The molecule has 126 valence electrons. The summed E-state index contributed by atoms with van der Waals surface area (Å²) in [5, 5.41) is 7.74. The van der Waals surface area contributed by atoms with Gasteiger partial charge in [0.05, 0.1) is 5.54 Å². The van der Waals surface area contributed by atoms with Gasteiger partial charge in [0.1, 0.15) is 0 Å². The van der Waals surface area contributed by atoms with E-state index in [0.29, 0.717) is 5.11 Å². The standard InChI is InChI=1S/C21H26N2S/c1-15-6-9-18(10-7-15)21(12-4-5-13-21)23-20(24)22-19-11-8-16(2)14-17(19)3/h6-11,14H,4-5,12-13H2,1-3H3,(H2,22,23,24). The molecular formula is C21H26N2S. The van der Waals surface area contributed by atoms with E-state index in [-0.39, 0.29) is 5.54 Å². The Labute approximate surface area is 150 Å². The minimum absolute atomic E-state index is 0.0314. The van der Waals surface area contributed by atoms with E-state index in [9.17, 15) is 0 Å². The summed E-state index contributed by atoms with van der Waals surface area (Å²) in [6, 6.07) is 15.3. The van der Waals surface area contributed by atoms with E-state index in [0.717, 1.165) is 18.5 Å². The van der Waals surface area contributed by atoms with Gasteiger partial charge in [-0.2, -0.15) is 0 Å². The number of nitrogens with one attached hydrogen (secondary N) is 2. The lowest BCUT2D eigenvalue weighted by molar-refractivity contribution is 0.408. The molecule has 1 fully saturated rings. The highest BCUT2D eigenvalue weighted by Crippen LogP contribution is 2.39. The van der Waals surface area contributed by atoms with Crippen LogP contribution in [0, 0.1) is 20.8 Å². The highest BCUT2D eigenvalue weighted by Gasteiger charge is 2.36. The third kappa shape index (κ3) is 3.62. The van der Waals surface area contributed by atoms with Crippen LogP contribution in [0.3, 0.4) is 0 Å². The summed E-state index contributed by atoms with van der Waals surface area (Å²) in [6.07, 6.45) is 4.75. The van der Waals surface area contributed by atoms with Gasteiger partial charge in [0.2, 0.25) is 0 Å². The Hall–Kier alpha value is -1.87. The molecule has 0 aliphatic heterocycles. The van der Waals surface area contributed by atoms with Crippen molar-refractivity contribution in [3.8, 4) is 0 Å². The van der Waals surface area contributed by atoms with Gasteiger partial charge in [-0.25, -0.2) is 0 Å². The molecule has 2 aromatic carbocycles. The third-order valence-electron chi connectivity index (χ3n) is 5.04. The number of anilines is 1. The summed E-state index contributed by atoms with van der Waals surface area (Å²) in [4.78, 5) is 0. The molecule has 0 unspecified atom stereocenters. The normalized spacial score (nSPS) is 16.0. The summed E-state index contributed by atoms with van der Waals surface area (Å²) < 4.78 is 0. The van der Waals surface area contributed by atoms with Crippen molar-refractivity contribution in [3.63, 3.8) is 0 Å². The van der Waals surface area contributed by atoms with Crippen LogP contribution in [0.5, 0.6) is 0 Å². The molecule has 0 radical (unpaired) electrons. The molecule has 0 bridgehead atoms. The zero-order valence-electron chi connectivity index (χ0n) is 14.8. The molecule has 0 spiro atoms. The van der Waals surface area contributed by atoms with Crippen molar-refractivity contribution in [2.24, 2.45) is 0 Å². The fraction of sp³-hybridized carbons (Fsp3) is 0.381. The smallest absolute Gasteiger partial charge is 0.171 e.